The van der Waals surface area contributed by atoms with E-state index in [1.807, 2.05) is 18.2 Å². The molecule has 0 spiro atoms. The monoisotopic (exact) mass is 228 g/mol. The van der Waals surface area contributed by atoms with Crippen LogP contribution in [0.15, 0.2) is 24.3 Å². The number of benzene rings is 1. The first-order chi connectivity index (χ1) is 7.27. The van der Waals surface area contributed by atoms with Crippen LogP contribution in [-0.4, -0.2) is 19.2 Å². The fourth-order valence-corrected chi connectivity index (χ4v) is 1.32. The SMILES string of the molecule is CCOC(=O)COc1ccccc1CCl. The first kappa shape index (κ1) is 11.9. The summed E-state index contributed by atoms with van der Waals surface area (Å²) in [6, 6.07) is 7.33. The van der Waals surface area contributed by atoms with E-state index in [0.717, 1.165) is 5.56 Å². The van der Waals surface area contributed by atoms with Gasteiger partial charge in [0, 0.05) is 5.56 Å². The highest BCUT2D eigenvalue weighted by Crippen LogP contribution is 2.19. The average molecular weight is 229 g/mol. The van der Waals surface area contributed by atoms with Gasteiger partial charge >= 0.3 is 5.97 Å². The van der Waals surface area contributed by atoms with Gasteiger partial charge in [0.2, 0.25) is 0 Å². The smallest absolute Gasteiger partial charge is 0.344 e. The fraction of sp³-hybridized carbons (Fsp3) is 0.364. The number of halogens is 1. The second-order valence-corrected chi connectivity index (χ2v) is 3.10. The molecule has 15 heavy (non-hydrogen) atoms. The molecular weight excluding hydrogens is 216 g/mol. The minimum atomic E-state index is -0.373. The molecule has 0 bridgehead atoms. The van der Waals surface area contributed by atoms with Crippen molar-refractivity contribution < 1.29 is 14.3 Å². The molecule has 1 aromatic carbocycles. The van der Waals surface area contributed by atoms with Crippen molar-refractivity contribution in [2.24, 2.45) is 0 Å². The van der Waals surface area contributed by atoms with Crippen LogP contribution in [0.2, 0.25) is 0 Å². The van der Waals surface area contributed by atoms with Gasteiger partial charge in [-0.3, -0.25) is 0 Å². The Morgan fingerprint density at radius 1 is 1.40 bits per heavy atom. The lowest BCUT2D eigenvalue weighted by Crippen LogP contribution is -2.15. The number of hydrogen-bond donors (Lipinski definition) is 0. The maximum atomic E-state index is 11.0. The number of esters is 1. The molecule has 0 N–H and O–H groups in total. The minimum absolute atomic E-state index is 0.0816. The third-order valence-electron chi connectivity index (χ3n) is 1.77. The zero-order chi connectivity index (χ0) is 11.1. The van der Waals surface area contributed by atoms with Crippen LogP contribution in [0.25, 0.3) is 0 Å². The Labute approximate surface area is 93.9 Å². The van der Waals surface area contributed by atoms with Crippen LogP contribution in [0, 0.1) is 0 Å². The van der Waals surface area contributed by atoms with Crippen molar-refractivity contribution in [2.75, 3.05) is 13.2 Å². The first-order valence-electron chi connectivity index (χ1n) is 4.70. The molecule has 0 aliphatic rings. The summed E-state index contributed by atoms with van der Waals surface area (Å²) in [5.74, 6) is 0.612. The van der Waals surface area contributed by atoms with E-state index in [1.54, 1.807) is 13.0 Å². The van der Waals surface area contributed by atoms with Gasteiger partial charge in [0.1, 0.15) is 5.75 Å². The number of rotatable bonds is 5. The Hall–Kier alpha value is -1.22. The molecule has 0 fully saturated rings. The first-order valence-corrected chi connectivity index (χ1v) is 5.23. The molecule has 4 heteroatoms. The maximum Gasteiger partial charge on any atom is 0.344 e. The fourth-order valence-electron chi connectivity index (χ4n) is 1.09. The van der Waals surface area contributed by atoms with E-state index in [9.17, 15) is 4.79 Å². The lowest BCUT2D eigenvalue weighted by molar-refractivity contribution is -0.145. The van der Waals surface area contributed by atoms with Gasteiger partial charge in [-0.1, -0.05) is 18.2 Å². The summed E-state index contributed by atoms with van der Waals surface area (Å²) < 4.78 is 10.0. The lowest BCUT2D eigenvalue weighted by atomic mass is 10.2. The molecule has 0 heterocycles. The van der Waals surface area contributed by atoms with Crippen molar-refractivity contribution in [3.05, 3.63) is 29.8 Å². The van der Waals surface area contributed by atoms with Gasteiger partial charge < -0.3 is 9.47 Å². The molecule has 82 valence electrons. The van der Waals surface area contributed by atoms with Crippen LogP contribution in [0.4, 0.5) is 0 Å². The highest BCUT2D eigenvalue weighted by Gasteiger charge is 2.05. The zero-order valence-electron chi connectivity index (χ0n) is 8.53. The van der Waals surface area contributed by atoms with Crippen molar-refractivity contribution in [3.8, 4) is 5.75 Å². The van der Waals surface area contributed by atoms with Gasteiger partial charge in [-0.05, 0) is 13.0 Å². The standard InChI is InChI=1S/C11H13ClO3/c1-2-14-11(13)8-15-10-6-4-3-5-9(10)7-12/h3-6H,2,7-8H2,1H3. The predicted molar refractivity (Wildman–Crippen MR) is 58.1 cm³/mol. The molecule has 0 aliphatic carbocycles. The number of ether oxygens (including phenoxy) is 2. The quantitative estimate of drug-likeness (QED) is 0.573. The number of para-hydroxylation sites is 1. The summed E-state index contributed by atoms with van der Waals surface area (Å²) in [7, 11) is 0. The Balaban J connectivity index is 2.53. The highest BCUT2D eigenvalue weighted by atomic mass is 35.5. The molecule has 3 nitrogen and oxygen atoms in total. The third-order valence-corrected chi connectivity index (χ3v) is 2.06. The van der Waals surface area contributed by atoms with Crippen LogP contribution >= 0.6 is 11.6 Å². The second kappa shape index (κ2) is 6.30. The third kappa shape index (κ3) is 3.80. The van der Waals surface area contributed by atoms with Crippen molar-refractivity contribution in [2.45, 2.75) is 12.8 Å². The summed E-state index contributed by atoms with van der Waals surface area (Å²) in [5, 5.41) is 0. The van der Waals surface area contributed by atoms with Crippen molar-refractivity contribution in [1.82, 2.24) is 0 Å². The summed E-state index contributed by atoms with van der Waals surface area (Å²) in [4.78, 5) is 11.0. The predicted octanol–water partition coefficient (Wildman–Crippen LogP) is 2.37. The summed E-state index contributed by atoms with van der Waals surface area (Å²) in [6.07, 6.45) is 0. The molecule has 1 rings (SSSR count). The van der Waals surface area contributed by atoms with Crippen LogP contribution in [0.5, 0.6) is 5.75 Å². The molecule has 0 saturated carbocycles. The average Bonchev–Trinajstić information content (AvgIpc) is 2.27. The molecule has 0 aliphatic heterocycles. The van der Waals surface area contributed by atoms with E-state index in [1.165, 1.54) is 0 Å². The second-order valence-electron chi connectivity index (χ2n) is 2.84. The van der Waals surface area contributed by atoms with E-state index in [4.69, 9.17) is 21.1 Å². The van der Waals surface area contributed by atoms with Crippen LogP contribution in [0.1, 0.15) is 12.5 Å². The number of carbonyl (C=O) groups excluding carboxylic acids is 1. The van der Waals surface area contributed by atoms with Crippen LogP contribution in [-0.2, 0) is 15.4 Å². The Kier molecular flexibility index (Phi) is 4.98. The van der Waals surface area contributed by atoms with Crippen molar-refractivity contribution >= 4 is 17.6 Å². The van der Waals surface area contributed by atoms with E-state index in [2.05, 4.69) is 0 Å². The van der Waals surface area contributed by atoms with Gasteiger partial charge in [0.05, 0.1) is 12.5 Å². The van der Waals surface area contributed by atoms with Crippen molar-refractivity contribution in [1.29, 1.82) is 0 Å². The van der Waals surface area contributed by atoms with E-state index in [-0.39, 0.29) is 12.6 Å². The maximum absolute atomic E-state index is 11.0. The summed E-state index contributed by atoms with van der Waals surface area (Å²) in [6.45, 7) is 2.03. The highest BCUT2D eigenvalue weighted by molar-refractivity contribution is 6.17. The normalized spacial score (nSPS) is 9.73. The molecule has 1 aromatic rings. The number of hydrogen-bond acceptors (Lipinski definition) is 3. The summed E-state index contributed by atoms with van der Waals surface area (Å²) >= 11 is 5.71. The molecule has 0 unspecified atom stereocenters. The van der Waals surface area contributed by atoms with Gasteiger partial charge in [-0.15, -0.1) is 11.6 Å². The molecule has 0 amide bonds. The largest absolute Gasteiger partial charge is 0.482 e. The van der Waals surface area contributed by atoms with E-state index < -0.39 is 0 Å². The topological polar surface area (TPSA) is 35.5 Å². The van der Waals surface area contributed by atoms with Gasteiger partial charge in [-0.25, -0.2) is 4.79 Å². The summed E-state index contributed by atoms with van der Waals surface area (Å²) in [5.41, 5.74) is 0.864. The molecule has 0 atom stereocenters. The molecule has 0 aromatic heterocycles. The Bertz CT molecular complexity index is 325. The zero-order valence-corrected chi connectivity index (χ0v) is 9.29. The molecular formula is C11H13ClO3. The molecule has 0 saturated heterocycles. The van der Waals surface area contributed by atoms with Gasteiger partial charge in [0.15, 0.2) is 6.61 Å². The lowest BCUT2D eigenvalue weighted by Gasteiger charge is -2.08. The van der Waals surface area contributed by atoms with E-state index in [0.29, 0.717) is 18.2 Å². The number of alkyl halides is 1. The van der Waals surface area contributed by atoms with Crippen molar-refractivity contribution in [3.63, 3.8) is 0 Å². The molecule has 0 radical (unpaired) electrons. The van der Waals surface area contributed by atoms with Gasteiger partial charge in [-0.2, -0.15) is 0 Å². The van der Waals surface area contributed by atoms with Crippen LogP contribution < -0.4 is 4.74 Å². The van der Waals surface area contributed by atoms with E-state index >= 15 is 0 Å². The minimum Gasteiger partial charge on any atom is -0.482 e. The van der Waals surface area contributed by atoms with Crippen LogP contribution in [0.3, 0.4) is 0 Å². The van der Waals surface area contributed by atoms with Gasteiger partial charge in [0.25, 0.3) is 0 Å². The number of carbonyl (C=O) groups is 1. The Morgan fingerprint density at radius 3 is 2.80 bits per heavy atom. The Morgan fingerprint density at radius 2 is 2.13 bits per heavy atom.